The monoisotopic (exact) mass is 346 g/mol. The first-order valence-electron chi connectivity index (χ1n) is 6.42. The summed E-state index contributed by atoms with van der Waals surface area (Å²) in [5.41, 5.74) is 1.76. The number of hydrogen-bond donors (Lipinski definition) is 2. The predicted molar refractivity (Wildman–Crippen MR) is 84.1 cm³/mol. The topological polar surface area (TPSA) is 41.1 Å². The molecule has 3 nitrogen and oxygen atoms in total. The Morgan fingerprint density at radius 2 is 2.11 bits per heavy atom. The first kappa shape index (κ1) is 16.5. The van der Waals surface area contributed by atoms with Gasteiger partial charge in [0.25, 0.3) is 5.91 Å². The average molecular weight is 348 g/mol. The summed E-state index contributed by atoms with van der Waals surface area (Å²) < 4.78 is 0.983. The molecule has 106 valence electrons. The van der Waals surface area contributed by atoms with Crippen LogP contribution >= 0.6 is 28.3 Å². The van der Waals surface area contributed by atoms with Gasteiger partial charge in [0.2, 0.25) is 0 Å². The van der Waals surface area contributed by atoms with Crippen molar-refractivity contribution in [1.82, 2.24) is 10.6 Å². The first-order valence-corrected chi connectivity index (χ1v) is 7.22. The quantitative estimate of drug-likeness (QED) is 0.883. The van der Waals surface area contributed by atoms with Gasteiger partial charge >= 0.3 is 0 Å². The molecule has 0 aromatic heterocycles. The Hall–Kier alpha value is -0.580. The van der Waals surface area contributed by atoms with Gasteiger partial charge in [0, 0.05) is 16.6 Å². The van der Waals surface area contributed by atoms with Crippen molar-refractivity contribution in [2.75, 3.05) is 19.6 Å². The summed E-state index contributed by atoms with van der Waals surface area (Å²) in [5.74, 6) is 0.648. The number of hydrogen-bond acceptors (Lipinski definition) is 2. The molecule has 5 heteroatoms. The number of carbonyl (C=O) groups excluding carboxylic acids is 1. The fourth-order valence-electron chi connectivity index (χ4n) is 2.27. The Labute approximate surface area is 129 Å². The lowest BCUT2D eigenvalue weighted by Crippen LogP contribution is -2.36. The van der Waals surface area contributed by atoms with Crippen molar-refractivity contribution in [2.24, 2.45) is 5.92 Å². The van der Waals surface area contributed by atoms with Gasteiger partial charge in [0.1, 0.15) is 0 Å². The minimum absolute atomic E-state index is 0. The number of amides is 1. The van der Waals surface area contributed by atoms with Crippen LogP contribution in [0.15, 0.2) is 22.7 Å². The standard InChI is InChI=1S/C14H19BrN2O.ClH/c1-10-12(3-2-4-13(10)15)14(18)17-9-11-5-7-16-8-6-11;/h2-4,11,16H,5-9H2,1H3,(H,17,18);1H. The predicted octanol–water partition coefficient (Wildman–Crippen LogP) is 2.91. The van der Waals surface area contributed by atoms with Gasteiger partial charge in [-0.2, -0.15) is 0 Å². The number of carbonyl (C=O) groups is 1. The molecule has 1 saturated heterocycles. The van der Waals surface area contributed by atoms with Crippen molar-refractivity contribution in [3.05, 3.63) is 33.8 Å². The molecule has 0 saturated carbocycles. The SMILES string of the molecule is Cc1c(Br)cccc1C(=O)NCC1CCNCC1.Cl. The molecule has 2 N–H and O–H groups in total. The van der Waals surface area contributed by atoms with Crippen LogP contribution in [0.5, 0.6) is 0 Å². The molecule has 1 aromatic rings. The molecule has 0 unspecified atom stereocenters. The van der Waals surface area contributed by atoms with Gasteiger partial charge in [0.15, 0.2) is 0 Å². The fraction of sp³-hybridized carbons (Fsp3) is 0.500. The van der Waals surface area contributed by atoms with Gasteiger partial charge in [-0.15, -0.1) is 12.4 Å². The van der Waals surface area contributed by atoms with E-state index in [9.17, 15) is 4.79 Å². The van der Waals surface area contributed by atoms with E-state index in [2.05, 4.69) is 26.6 Å². The molecule has 1 heterocycles. The van der Waals surface area contributed by atoms with Crippen molar-refractivity contribution in [2.45, 2.75) is 19.8 Å². The zero-order chi connectivity index (χ0) is 13.0. The van der Waals surface area contributed by atoms with E-state index in [1.165, 1.54) is 0 Å². The van der Waals surface area contributed by atoms with Gasteiger partial charge < -0.3 is 10.6 Å². The second-order valence-electron chi connectivity index (χ2n) is 4.82. The Morgan fingerprint density at radius 3 is 2.79 bits per heavy atom. The molecule has 0 spiro atoms. The number of piperidine rings is 1. The van der Waals surface area contributed by atoms with E-state index in [-0.39, 0.29) is 18.3 Å². The van der Waals surface area contributed by atoms with E-state index in [0.717, 1.165) is 48.1 Å². The summed E-state index contributed by atoms with van der Waals surface area (Å²) >= 11 is 3.45. The highest BCUT2D eigenvalue weighted by Crippen LogP contribution is 2.19. The van der Waals surface area contributed by atoms with Crippen LogP contribution in [0, 0.1) is 12.8 Å². The summed E-state index contributed by atoms with van der Waals surface area (Å²) in [6, 6.07) is 5.73. The second-order valence-corrected chi connectivity index (χ2v) is 5.67. The fourth-order valence-corrected chi connectivity index (χ4v) is 2.64. The first-order chi connectivity index (χ1) is 8.68. The van der Waals surface area contributed by atoms with Crippen LogP contribution < -0.4 is 10.6 Å². The highest BCUT2D eigenvalue weighted by Gasteiger charge is 2.15. The normalized spacial score (nSPS) is 15.7. The van der Waals surface area contributed by atoms with Crippen LogP contribution in [0.2, 0.25) is 0 Å². The third-order valence-corrected chi connectivity index (χ3v) is 4.38. The van der Waals surface area contributed by atoms with Crippen LogP contribution in [-0.2, 0) is 0 Å². The molecule has 0 atom stereocenters. The third-order valence-electron chi connectivity index (χ3n) is 3.52. The maximum Gasteiger partial charge on any atom is 0.251 e. The lowest BCUT2D eigenvalue weighted by atomic mass is 9.98. The molecular weight excluding hydrogens is 328 g/mol. The van der Waals surface area contributed by atoms with E-state index in [0.29, 0.717) is 5.92 Å². The van der Waals surface area contributed by atoms with E-state index < -0.39 is 0 Å². The largest absolute Gasteiger partial charge is 0.352 e. The van der Waals surface area contributed by atoms with Gasteiger partial charge in [-0.1, -0.05) is 22.0 Å². The van der Waals surface area contributed by atoms with Crippen molar-refractivity contribution in [3.8, 4) is 0 Å². The van der Waals surface area contributed by atoms with Crippen molar-refractivity contribution in [1.29, 1.82) is 0 Å². The summed E-state index contributed by atoms with van der Waals surface area (Å²) in [5, 5.41) is 6.38. The maximum absolute atomic E-state index is 12.1. The highest BCUT2D eigenvalue weighted by atomic mass is 79.9. The minimum atomic E-state index is 0. The Morgan fingerprint density at radius 1 is 1.42 bits per heavy atom. The molecule has 2 rings (SSSR count). The zero-order valence-corrected chi connectivity index (χ0v) is 13.4. The van der Waals surface area contributed by atoms with Crippen LogP contribution in [-0.4, -0.2) is 25.5 Å². The van der Waals surface area contributed by atoms with E-state index in [1.54, 1.807) is 0 Å². The van der Waals surface area contributed by atoms with E-state index in [1.807, 2.05) is 25.1 Å². The lowest BCUT2D eigenvalue weighted by Gasteiger charge is -2.22. The zero-order valence-electron chi connectivity index (χ0n) is 11.0. The van der Waals surface area contributed by atoms with E-state index >= 15 is 0 Å². The van der Waals surface area contributed by atoms with Gasteiger partial charge in [0.05, 0.1) is 0 Å². The smallest absolute Gasteiger partial charge is 0.251 e. The average Bonchev–Trinajstić information content (AvgIpc) is 2.40. The molecule has 1 fully saturated rings. The Kier molecular flexibility index (Phi) is 6.83. The number of nitrogens with one attached hydrogen (secondary N) is 2. The summed E-state index contributed by atoms with van der Waals surface area (Å²) in [6.07, 6.45) is 2.30. The minimum Gasteiger partial charge on any atom is -0.352 e. The molecule has 0 aliphatic carbocycles. The number of rotatable bonds is 3. The van der Waals surface area contributed by atoms with E-state index in [4.69, 9.17) is 0 Å². The number of halogens is 2. The Balaban J connectivity index is 0.00000180. The molecule has 0 radical (unpaired) electrons. The third kappa shape index (κ3) is 4.48. The van der Waals surface area contributed by atoms with Crippen LogP contribution in [0.3, 0.4) is 0 Å². The molecule has 1 aromatic carbocycles. The number of benzene rings is 1. The van der Waals surface area contributed by atoms with Crippen molar-refractivity contribution in [3.63, 3.8) is 0 Å². The molecule has 19 heavy (non-hydrogen) atoms. The molecular formula is C14H20BrClN2O. The summed E-state index contributed by atoms with van der Waals surface area (Å²) in [6.45, 7) is 4.88. The van der Waals surface area contributed by atoms with Crippen molar-refractivity contribution >= 4 is 34.2 Å². The van der Waals surface area contributed by atoms with Crippen LogP contribution in [0.4, 0.5) is 0 Å². The van der Waals surface area contributed by atoms with Gasteiger partial charge in [-0.25, -0.2) is 0 Å². The lowest BCUT2D eigenvalue weighted by molar-refractivity contribution is 0.0943. The summed E-state index contributed by atoms with van der Waals surface area (Å²) in [4.78, 5) is 12.1. The van der Waals surface area contributed by atoms with Gasteiger partial charge in [-0.3, -0.25) is 4.79 Å². The maximum atomic E-state index is 12.1. The second kappa shape index (κ2) is 7.88. The Bertz CT molecular complexity index is 433. The highest BCUT2D eigenvalue weighted by molar-refractivity contribution is 9.10. The summed E-state index contributed by atoms with van der Waals surface area (Å²) in [7, 11) is 0. The van der Waals surface area contributed by atoms with Crippen molar-refractivity contribution < 1.29 is 4.79 Å². The molecule has 1 aliphatic heterocycles. The van der Waals surface area contributed by atoms with Gasteiger partial charge in [-0.05, 0) is 56.5 Å². The van der Waals surface area contributed by atoms with Crippen LogP contribution in [0.25, 0.3) is 0 Å². The molecule has 1 aliphatic rings. The molecule has 0 bridgehead atoms. The molecule has 1 amide bonds. The van der Waals surface area contributed by atoms with Crippen LogP contribution in [0.1, 0.15) is 28.8 Å².